The van der Waals surface area contributed by atoms with Gasteiger partial charge in [-0.05, 0) is 31.8 Å². The van der Waals surface area contributed by atoms with Gasteiger partial charge in [0.15, 0.2) is 6.35 Å². The predicted octanol–water partition coefficient (Wildman–Crippen LogP) is 0.690. The molecule has 0 saturated heterocycles. The number of nitrogens with one attached hydrogen (secondary N) is 3. The first-order chi connectivity index (χ1) is 10.0. The summed E-state index contributed by atoms with van der Waals surface area (Å²) in [5.74, 6) is 0.426. The van der Waals surface area contributed by atoms with Gasteiger partial charge in [0.25, 0.3) is 5.56 Å². The van der Waals surface area contributed by atoms with Crippen molar-refractivity contribution in [3.63, 3.8) is 0 Å². The molecule has 1 atom stereocenters. The Morgan fingerprint density at radius 3 is 2.71 bits per heavy atom. The van der Waals surface area contributed by atoms with E-state index in [-0.39, 0.29) is 17.4 Å². The highest BCUT2D eigenvalue weighted by Gasteiger charge is 2.08. The van der Waals surface area contributed by atoms with E-state index in [9.17, 15) is 9.90 Å². The monoisotopic (exact) mass is 297 g/mol. The van der Waals surface area contributed by atoms with Crippen molar-refractivity contribution in [2.24, 2.45) is 5.73 Å². The number of aromatic amines is 1. The van der Waals surface area contributed by atoms with Crippen molar-refractivity contribution in [2.45, 2.75) is 51.8 Å². The summed E-state index contributed by atoms with van der Waals surface area (Å²) in [6, 6.07) is 1.47. The van der Waals surface area contributed by atoms with Crippen LogP contribution in [0.1, 0.15) is 51.1 Å². The van der Waals surface area contributed by atoms with Crippen LogP contribution >= 0.6 is 0 Å². The molecule has 1 unspecified atom stereocenters. The number of aliphatic hydroxyl groups is 1. The molecule has 7 nitrogen and oxygen atoms in total. The van der Waals surface area contributed by atoms with Gasteiger partial charge in [-0.25, -0.2) is 4.98 Å². The number of nitrogens with zero attached hydrogens (tertiary/aromatic N) is 1. The van der Waals surface area contributed by atoms with Gasteiger partial charge in [-0.3, -0.25) is 15.1 Å². The molecule has 120 valence electrons. The zero-order chi connectivity index (χ0) is 15.7. The highest BCUT2D eigenvalue weighted by atomic mass is 16.3. The molecular weight excluding hydrogens is 270 g/mol. The molecule has 1 aromatic rings. The van der Waals surface area contributed by atoms with E-state index in [1.54, 1.807) is 0 Å². The van der Waals surface area contributed by atoms with E-state index in [1.807, 2.05) is 13.8 Å². The smallest absolute Gasteiger partial charge is 0.252 e. The first-order valence-corrected chi connectivity index (χ1v) is 7.52. The van der Waals surface area contributed by atoms with Crippen LogP contribution in [0.3, 0.4) is 0 Å². The number of anilines is 1. The summed E-state index contributed by atoms with van der Waals surface area (Å²) in [4.78, 5) is 18.3. The fourth-order valence-electron chi connectivity index (χ4n) is 1.88. The lowest BCUT2D eigenvalue weighted by atomic mass is 10.1. The van der Waals surface area contributed by atoms with Gasteiger partial charge in [0.2, 0.25) is 5.95 Å². The van der Waals surface area contributed by atoms with E-state index in [0.717, 1.165) is 32.2 Å². The van der Waals surface area contributed by atoms with Gasteiger partial charge in [0.05, 0.1) is 5.69 Å². The van der Waals surface area contributed by atoms with Crippen molar-refractivity contribution in [1.29, 1.82) is 0 Å². The van der Waals surface area contributed by atoms with Gasteiger partial charge in [-0.1, -0.05) is 26.7 Å². The summed E-state index contributed by atoms with van der Waals surface area (Å²) in [5.41, 5.74) is 5.88. The molecule has 0 fully saturated rings. The first kappa shape index (κ1) is 17.6. The maximum Gasteiger partial charge on any atom is 0.252 e. The molecule has 0 saturated carbocycles. The van der Waals surface area contributed by atoms with Crippen LogP contribution in [0.2, 0.25) is 0 Å². The minimum absolute atomic E-state index is 0.153. The average Bonchev–Trinajstić information content (AvgIpc) is 2.42. The molecule has 0 aliphatic rings. The number of H-pyrrole nitrogens is 1. The molecule has 0 amide bonds. The third-order valence-corrected chi connectivity index (χ3v) is 3.10. The van der Waals surface area contributed by atoms with Crippen molar-refractivity contribution in [3.8, 4) is 0 Å². The number of hydrogen-bond donors (Lipinski definition) is 5. The maximum atomic E-state index is 11.5. The highest BCUT2D eigenvalue weighted by Crippen LogP contribution is 2.10. The molecule has 21 heavy (non-hydrogen) atoms. The number of unbranched alkanes of at least 4 members (excludes halogenated alkanes) is 3. The van der Waals surface area contributed by atoms with Crippen molar-refractivity contribution in [3.05, 3.63) is 22.1 Å². The Balaban J connectivity index is 2.37. The number of aromatic nitrogens is 2. The number of hydrogen-bond acceptors (Lipinski definition) is 6. The summed E-state index contributed by atoms with van der Waals surface area (Å²) in [6.07, 6.45) is 3.25. The summed E-state index contributed by atoms with van der Waals surface area (Å²) < 4.78 is 0. The van der Waals surface area contributed by atoms with Crippen molar-refractivity contribution in [1.82, 2.24) is 15.3 Å². The van der Waals surface area contributed by atoms with Crippen molar-refractivity contribution < 1.29 is 5.11 Å². The SMILES string of the molecule is CC(C)c1cc(=O)[nH]c(NC(O)NCCCCCCN)n1. The van der Waals surface area contributed by atoms with Gasteiger partial charge in [0.1, 0.15) is 0 Å². The molecule has 0 radical (unpaired) electrons. The zero-order valence-corrected chi connectivity index (χ0v) is 12.9. The predicted molar refractivity (Wildman–Crippen MR) is 84.1 cm³/mol. The molecule has 6 N–H and O–H groups in total. The lowest BCUT2D eigenvalue weighted by Gasteiger charge is -2.15. The van der Waals surface area contributed by atoms with E-state index in [4.69, 9.17) is 5.73 Å². The largest absolute Gasteiger partial charge is 0.361 e. The topological polar surface area (TPSA) is 116 Å². The Bertz CT molecular complexity index is 461. The zero-order valence-electron chi connectivity index (χ0n) is 12.9. The Labute approximate surface area is 125 Å². The lowest BCUT2D eigenvalue weighted by molar-refractivity contribution is 0.164. The van der Waals surface area contributed by atoms with E-state index in [0.29, 0.717) is 12.2 Å². The summed E-state index contributed by atoms with van der Waals surface area (Å²) >= 11 is 0. The second-order valence-electron chi connectivity index (χ2n) is 5.38. The van der Waals surface area contributed by atoms with Gasteiger partial charge in [-0.2, -0.15) is 0 Å². The van der Waals surface area contributed by atoms with E-state index in [1.165, 1.54) is 6.07 Å². The Morgan fingerprint density at radius 2 is 2.05 bits per heavy atom. The van der Waals surface area contributed by atoms with E-state index >= 15 is 0 Å². The van der Waals surface area contributed by atoms with Crippen LogP contribution in [-0.2, 0) is 0 Å². The van der Waals surface area contributed by atoms with Gasteiger partial charge in [-0.15, -0.1) is 0 Å². The Morgan fingerprint density at radius 1 is 1.33 bits per heavy atom. The molecule has 0 aromatic carbocycles. The highest BCUT2D eigenvalue weighted by molar-refractivity contribution is 5.26. The summed E-state index contributed by atoms with van der Waals surface area (Å²) in [6.45, 7) is 5.33. The third-order valence-electron chi connectivity index (χ3n) is 3.10. The van der Waals surface area contributed by atoms with Crippen LogP contribution in [0.4, 0.5) is 5.95 Å². The summed E-state index contributed by atoms with van der Waals surface area (Å²) in [7, 11) is 0. The Hall–Kier alpha value is -1.44. The maximum absolute atomic E-state index is 11.5. The fourth-order valence-corrected chi connectivity index (χ4v) is 1.88. The van der Waals surface area contributed by atoms with E-state index < -0.39 is 6.35 Å². The van der Waals surface area contributed by atoms with Crippen LogP contribution in [0, 0.1) is 0 Å². The van der Waals surface area contributed by atoms with Gasteiger partial charge in [0, 0.05) is 6.07 Å². The lowest BCUT2D eigenvalue weighted by Crippen LogP contribution is -2.37. The van der Waals surface area contributed by atoms with Crippen LogP contribution in [0.25, 0.3) is 0 Å². The first-order valence-electron chi connectivity index (χ1n) is 7.52. The summed E-state index contributed by atoms with van der Waals surface area (Å²) in [5, 5.41) is 15.5. The van der Waals surface area contributed by atoms with Crippen LogP contribution in [0.15, 0.2) is 10.9 Å². The molecule has 1 aromatic heterocycles. The van der Waals surface area contributed by atoms with Crippen LogP contribution in [0.5, 0.6) is 0 Å². The standard InChI is InChI=1S/C14H27N5O2/c1-10(2)11-9-12(20)18-13(17-11)19-14(21)16-8-6-4-3-5-7-15/h9-10,14,16,21H,3-8,15H2,1-2H3,(H2,17,18,19,20). The minimum atomic E-state index is -0.940. The molecule has 7 heteroatoms. The second-order valence-corrected chi connectivity index (χ2v) is 5.38. The number of nitrogens with two attached hydrogens (primary N) is 1. The van der Waals surface area contributed by atoms with Crippen LogP contribution < -0.4 is 21.9 Å². The number of aliphatic hydroxyl groups excluding tert-OH is 1. The molecule has 0 bridgehead atoms. The molecule has 0 aliphatic heterocycles. The minimum Gasteiger partial charge on any atom is -0.361 e. The van der Waals surface area contributed by atoms with E-state index in [2.05, 4.69) is 20.6 Å². The fraction of sp³-hybridized carbons (Fsp3) is 0.714. The quantitative estimate of drug-likeness (QED) is 0.320. The molecule has 0 aliphatic carbocycles. The van der Waals surface area contributed by atoms with Crippen molar-refractivity contribution >= 4 is 5.95 Å². The third kappa shape index (κ3) is 7.22. The Kier molecular flexibility index (Phi) is 7.96. The number of rotatable bonds is 10. The van der Waals surface area contributed by atoms with Crippen molar-refractivity contribution in [2.75, 3.05) is 18.4 Å². The average molecular weight is 297 g/mol. The second kappa shape index (κ2) is 9.49. The normalized spacial score (nSPS) is 12.6. The molecule has 0 spiro atoms. The molecule has 1 heterocycles. The van der Waals surface area contributed by atoms with Gasteiger partial charge >= 0.3 is 0 Å². The molecular formula is C14H27N5O2. The molecule has 1 rings (SSSR count). The van der Waals surface area contributed by atoms with Crippen LogP contribution in [-0.4, -0.2) is 34.5 Å². The van der Waals surface area contributed by atoms with Gasteiger partial charge < -0.3 is 16.2 Å².